The zero-order chi connectivity index (χ0) is 14.4. The number of amides is 1. The van der Waals surface area contributed by atoms with Gasteiger partial charge in [0.2, 0.25) is 5.91 Å². The number of carbonyl (C=O) groups is 1. The minimum absolute atomic E-state index is 0.0318. The summed E-state index contributed by atoms with van der Waals surface area (Å²) in [7, 11) is 0. The second-order valence-electron chi connectivity index (χ2n) is 5.26. The molecule has 3 nitrogen and oxygen atoms in total. The fraction of sp³-hybridized carbons (Fsp3) is 0.533. The first kappa shape index (κ1) is 15.6. The quantitative estimate of drug-likeness (QED) is 0.830. The lowest BCUT2D eigenvalue weighted by Gasteiger charge is -2.13. The number of hydrogen-bond donors (Lipinski definition) is 2. The zero-order valence-electron chi connectivity index (χ0n) is 11.9. The lowest BCUT2D eigenvalue weighted by molar-refractivity contribution is -0.119. The smallest absolute Gasteiger partial charge is 0.227 e. The number of anilines is 1. The summed E-state index contributed by atoms with van der Waals surface area (Å²) in [5.41, 5.74) is 6.84. The van der Waals surface area contributed by atoms with Crippen LogP contribution in [-0.2, 0) is 4.79 Å². The van der Waals surface area contributed by atoms with Crippen LogP contribution in [0, 0.1) is 18.7 Å². The predicted molar refractivity (Wildman–Crippen MR) is 76.4 cm³/mol. The Balaban J connectivity index is 2.47. The number of hydrogen-bond acceptors (Lipinski definition) is 2. The van der Waals surface area contributed by atoms with Crippen molar-refractivity contribution < 1.29 is 9.18 Å². The number of aryl methyl sites for hydroxylation is 1. The molecule has 2 unspecified atom stereocenters. The van der Waals surface area contributed by atoms with E-state index in [1.54, 1.807) is 19.1 Å². The normalized spacial score (nSPS) is 13.9. The molecular formula is C15H23FN2O. The lowest BCUT2D eigenvalue weighted by atomic mass is 10.0. The van der Waals surface area contributed by atoms with Gasteiger partial charge in [-0.05, 0) is 50.5 Å². The van der Waals surface area contributed by atoms with Crippen molar-refractivity contribution in [1.29, 1.82) is 0 Å². The number of carbonyl (C=O) groups excluding carboxylic acids is 1. The van der Waals surface area contributed by atoms with Crippen LogP contribution in [0.4, 0.5) is 10.1 Å². The van der Waals surface area contributed by atoms with Gasteiger partial charge in [-0.2, -0.15) is 0 Å². The Hall–Kier alpha value is -1.42. The molecule has 3 N–H and O–H groups in total. The minimum Gasteiger partial charge on any atom is -0.328 e. The third kappa shape index (κ3) is 5.39. The molecule has 1 rings (SSSR count). The van der Waals surface area contributed by atoms with Gasteiger partial charge < -0.3 is 11.1 Å². The molecule has 0 saturated carbocycles. The van der Waals surface area contributed by atoms with E-state index in [0.29, 0.717) is 11.3 Å². The average molecular weight is 266 g/mol. The van der Waals surface area contributed by atoms with E-state index >= 15 is 0 Å². The Bertz CT molecular complexity index is 432. The van der Waals surface area contributed by atoms with Crippen LogP contribution in [0.5, 0.6) is 0 Å². The van der Waals surface area contributed by atoms with Gasteiger partial charge >= 0.3 is 0 Å². The summed E-state index contributed by atoms with van der Waals surface area (Å²) in [5, 5.41) is 2.81. The van der Waals surface area contributed by atoms with Gasteiger partial charge in [-0.3, -0.25) is 4.79 Å². The summed E-state index contributed by atoms with van der Waals surface area (Å²) < 4.78 is 13.1. The van der Waals surface area contributed by atoms with E-state index in [2.05, 4.69) is 5.32 Å². The van der Waals surface area contributed by atoms with Crippen LogP contribution in [0.2, 0.25) is 0 Å². The van der Waals surface area contributed by atoms with Crippen LogP contribution in [-0.4, -0.2) is 11.9 Å². The summed E-state index contributed by atoms with van der Waals surface area (Å²) in [4.78, 5) is 11.9. The molecule has 1 aromatic carbocycles. The van der Waals surface area contributed by atoms with E-state index in [9.17, 15) is 9.18 Å². The second kappa shape index (κ2) is 7.24. The number of nitrogens with one attached hydrogen (secondary N) is 1. The van der Waals surface area contributed by atoms with Crippen molar-refractivity contribution in [3.8, 4) is 0 Å². The van der Waals surface area contributed by atoms with Crippen LogP contribution < -0.4 is 11.1 Å². The number of benzene rings is 1. The molecule has 106 valence electrons. The highest BCUT2D eigenvalue weighted by atomic mass is 19.1. The minimum atomic E-state index is -0.261. The van der Waals surface area contributed by atoms with Crippen LogP contribution in [0.15, 0.2) is 18.2 Å². The maximum absolute atomic E-state index is 13.1. The van der Waals surface area contributed by atoms with Gasteiger partial charge in [-0.15, -0.1) is 0 Å². The van der Waals surface area contributed by atoms with E-state index in [0.717, 1.165) is 19.3 Å². The van der Waals surface area contributed by atoms with Crippen molar-refractivity contribution in [1.82, 2.24) is 0 Å². The fourth-order valence-electron chi connectivity index (χ4n) is 1.87. The molecule has 19 heavy (non-hydrogen) atoms. The van der Waals surface area contributed by atoms with Gasteiger partial charge in [0.25, 0.3) is 0 Å². The highest BCUT2D eigenvalue weighted by Gasteiger charge is 2.13. The maximum atomic E-state index is 13.1. The van der Waals surface area contributed by atoms with Crippen LogP contribution >= 0.6 is 0 Å². The van der Waals surface area contributed by atoms with Crippen molar-refractivity contribution in [2.75, 3.05) is 5.32 Å². The van der Waals surface area contributed by atoms with Gasteiger partial charge in [-0.1, -0.05) is 13.3 Å². The number of halogens is 1. The van der Waals surface area contributed by atoms with Crippen molar-refractivity contribution in [2.45, 2.75) is 46.1 Å². The zero-order valence-corrected chi connectivity index (χ0v) is 11.9. The van der Waals surface area contributed by atoms with Gasteiger partial charge in [0.05, 0.1) is 0 Å². The molecule has 1 amide bonds. The molecule has 2 atom stereocenters. The van der Waals surface area contributed by atoms with E-state index in [1.807, 2.05) is 13.8 Å². The topological polar surface area (TPSA) is 55.1 Å². The van der Waals surface area contributed by atoms with Crippen molar-refractivity contribution in [3.05, 3.63) is 29.6 Å². The molecular weight excluding hydrogens is 243 g/mol. The Morgan fingerprint density at radius 2 is 2.05 bits per heavy atom. The SMILES string of the molecule is Cc1cc(NC(=O)C(C)CCCC(C)N)ccc1F. The van der Waals surface area contributed by atoms with Crippen molar-refractivity contribution in [2.24, 2.45) is 11.7 Å². The molecule has 0 bridgehead atoms. The van der Waals surface area contributed by atoms with Gasteiger partial charge in [0.15, 0.2) is 0 Å². The molecule has 0 aliphatic heterocycles. The Kier molecular flexibility index (Phi) is 5.96. The highest BCUT2D eigenvalue weighted by molar-refractivity contribution is 5.92. The lowest BCUT2D eigenvalue weighted by Crippen LogP contribution is -2.21. The molecule has 0 fully saturated rings. The maximum Gasteiger partial charge on any atom is 0.227 e. The fourth-order valence-corrected chi connectivity index (χ4v) is 1.87. The van der Waals surface area contributed by atoms with Crippen LogP contribution in [0.25, 0.3) is 0 Å². The van der Waals surface area contributed by atoms with Crippen molar-refractivity contribution in [3.63, 3.8) is 0 Å². The van der Waals surface area contributed by atoms with Crippen molar-refractivity contribution >= 4 is 11.6 Å². The van der Waals surface area contributed by atoms with Gasteiger partial charge in [-0.25, -0.2) is 4.39 Å². The molecule has 0 aliphatic carbocycles. The molecule has 0 spiro atoms. The van der Waals surface area contributed by atoms with Gasteiger partial charge in [0.1, 0.15) is 5.82 Å². The van der Waals surface area contributed by atoms with Crippen LogP contribution in [0.3, 0.4) is 0 Å². The Morgan fingerprint density at radius 3 is 2.63 bits per heavy atom. The summed E-state index contributed by atoms with van der Waals surface area (Å²) in [6.07, 6.45) is 2.68. The summed E-state index contributed by atoms with van der Waals surface area (Å²) in [6, 6.07) is 4.76. The van der Waals surface area contributed by atoms with E-state index in [4.69, 9.17) is 5.73 Å². The summed E-state index contributed by atoms with van der Waals surface area (Å²) in [5.74, 6) is -0.359. The Labute approximate surface area is 114 Å². The van der Waals surface area contributed by atoms with E-state index in [-0.39, 0.29) is 23.7 Å². The van der Waals surface area contributed by atoms with E-state index in [1.165, 1.54) is 6.07 Å². The number of rotatable bonds is 6. The van der Waals surface area contributed by atoms with Crippen LogP contribution in [0.1, 0.15) is 38.7 Å². The standard InChI is InChI=1S/C15H23FN2O/c1-10(5-4-6-12(3)17)15(19)18-13-7-8-14(16)11(2)9-13/h7-10,12H,4-6,17H2,1-3H3,(H,18,19). The molecule has 1 aromatic rings. The third-order valence-electron chi connectivity index (χ3n) is 3.17. The first-order chi connectivity index (χ1) is 8.90. The van der Waals surface area contributed by atoms with Gasteiger partial charge in [0, 0.05) is 17.6 Å². The molecule has 0 heterocycles. The molecule has 4 heteroatoms. The second-order valence-corrected chi connectivity index (χ2v) is 5.26. The predicted octanol–water partition coefficient (Wildman–Crippen LogP) is 3.23. The summed E-state index contributed by atoms with van der Waals surface area (Å²) >= 11 is 0. The molecule has 0 aromatic heterocycles. The summed E-state index contributed by atoms with van der Waals surface area (Å²) in [6.45, 7) is 5.54. The average Bonchev–Trinajstić information content (AvgIpc) is 2.33. The largest absolute Gasteiger partial charge is 0.328 e. The molecule has 0 aliphatic rings. The monoisotopic (exact) mass is 266 g/mol. The third-order valence-corrected chi connectivity index (χ3v) is 3.17. The molecule has 0 radical (unpaired) electrons. The molecule has 0 saturated heterocycles. The number of nitrogens with two attached hydrogens (primary N) is 1. The van der Waals surface area contributed by atoms with E-state index < -0.39 is 0 Å². The first-order valence-electron chi connectivity index (χ1n) is 6.72. The highest BCUT2D eigenvalue weighted by Crippen LogP contribution is 2.16. The Morgan fingerprint density at radius 1 is 1.37 bits per heavy atom. The first-order valence-corrected chi connectivity index (χ1v) is 6.72.